The van der Waals surface area contributed by atoms with Crippen molar-refractivity contribution in [3.05, 3.63) is 55.3 Å². The fraction of sp³-hybridized carbons (Fsp3) is 0.333. The average Bonchev–Trinajstić information content (AvgIpc) is 2.84. The molecule has 1 nitrogen and oxygen atoms in total. The van der Waals surface area contributed by atoms with Crippen LogP contribution in [0.5, 0.6) is 0 Å². The Morgan fingerprint density at radius 2 is 2.06 bits per heavy atom. The molecule has 1 unspecified atom stereocenters. The van der Waals surface area contributed by atoms with Gasteiger partial charge < -0.3 is 0 Å². The van der Waals surface area contributed by atoms with Crippen molar-refractivity contribution < 1.29 is 0 Å². The van der Waals surface area contributed by atoms with E-state index >= 15 is 0 Å². The Morgan fingerprint density at radius 3 is 2.83 bits per heavy atom. The van der Waals surface area contributed by atoms with Crippen LogP contribution in [0.15, 0.2) is 35.7 Å². The molecular weight excluding hydrogens is 353 g/mol. The van der Waals surface area contributed by atoms with Crippen LogP contribution < -0.4 is 0 Å². The molecule has 0 fully saturated rings. The fourth-order valence-electron chi connectivity index (χ4n) is 2.60. The van der Waals surface area contributed by atoms with Gasteiger partial charge in [-0.25, -0.2) is 0 Å². The summed E-state index contributed by atoms with van der Waals surface area (Å²) in [5, 5.41) is 2.23. The summed E-state index contributed by atoms with van der Waals surface area (Å²) < 4.78 is 1.31. The first-order valence-corrected chi connectivity index (χ1v) is 8.24. The summed E-state index contributed by atoms with van der Waals surface area (Å²) in [5.41, 5.74) is 2.96. The topological polar surface area (TPSA) is 3.24 Å². The van der Waals surface area contributed by atoms with Gasteiger partial charge in [0.1, 0.15) is 0 Å². The lowest BCUT2D eigenvalue weighted by molar-refractivity contribution is 0.191. The van der Waals surface area contributed by atoms with E-state index in [-0.39, 0.29) is 0 Å². The van der Waals surface area contributed by atoms with E-state index in [0.717, 1.165) is 6.54 Å². The quantitative estimate of drug-likeness (QED) is 0.706. The fourth-order valence-corrected chi connectivity index (χ4v) is 3.92. The van der Waals surface area contributed by atoms with Gasteiger partial charge in [0.15, 0.2) is 0 Å². The Kier molecular flexibility index (Phi) is 3.73. The first-order valence-electron chi connectivity index (χ1n) is 6.29. The van der Waals surface area contributed by atoms with Crippen molar-refractivity contribution in [3.63, 3.8) is 0 Å². The van der Waals surface area contributed by atoms with Gasteiger partial charge in [0.25, 0.3) is 0 Å². The normalized spacial score (nSPS) is 19.8. The van der Waals surface area contributed by atoms with E-state index in [2.05, 4.69) is 70.1 Å². The van der Waals surface area contributed by atoms with Gasteiger partial charge in [0.05, 0.1) is 0 Å². The van der Waals surface area contributed by atoms with Crippen LogP contribution in [0.4, 0.5) is 0 Å². The second-order valence-corrected chi connectivity index (χ2v) is 7.07. The molecule has 18 heavy (non-hydrogen) atoms. The van der Waals surface area contributed by atoms with Crippen LogP contribution >= 0.6 is 33.9 Å². The molecule has 0 radical (unpaired) electrons. The molecule has 0 saturated carbocycles. The highest BCUT2D eigenvalue weighted by molar-refractivity contribution is 14.1. The molecular formula is C15H16INS. The minimum absolute atomic E-state index is 0.555. The highest BCUT2D eigenvalue weighted by atomic mass is 127. The number of hydrogen-bond acceptors (Lipinski definition) is 2. The minimum atomic E-state index is 0.555. The van der Waals surface area contributed by atoms with E-state index in [1.165, 1.54) is 27.7 Å². The van der Waals surface area contributed by atoms with Crippen LogP contribution in [-0.2, 0) is 13.0 Å². The summed E-state index contributed by atoms with van der Waals surface area (Å²) in [6.07, 6.45) is 1.21. The molecule has 0 saturated heterocycles. The van der Waals surface area contributed by atoms with Crippen LogP contribution in [0, 0.1) is 3.57 Å². The third-order valence-corrected chi connectivity index (χ3v) is 5.42. The van der Waals surface area contributed by atoms with Gasteiger partial charge in [-0.05, 0) is 70.6 Å². The lowest BCUT2D eigenvalue weighted by atomic mass is 10.0. The maximum absolute atomic E-state index is 2.58. The van der Waals surface area contributed by atoms with Gasteiger partial charge in [-0.2, -0.15) is 0 Å². The molecule has 1 aromatic carbocycles. The molecule has 1 aromatic heterocycles. The smallest absolute Gasteiger partial charge is 0.0334 e. The third-order valence-electron chi connectivity index (χ3n) is 3.70. The second kappa shape index (κ2) is 5.31. The monoisotopic (exact) mass is 369 g/mol. The number of rotatable bonds is 2. The summed E-state index contributed by atoms with van der Waals surface area (Å²) in [6.45, 7) is 4.57. The maximum atomic E-state index is 2.58. The number of thiophene rings is 1. The van der Waals surface area contributed by atoms with Crippen LogP contribution in [0.25, 0.3) is 0 Å². The first-order chi connectivity index (χ1) is 8.74. The van der Waals surface area contributed by atoms with E-state index in [9.17, 15) is 0 Å². The van der Waals surface area contributed by atoms with Gasteiger partial charge >= 0.3 is 0 Å². The van der Waals surface area contributed by atoms with E-state index in [1.807, 2.05) is 11.3 Å². The predicted molar refractivity (Wildman–Crippen MR) is 86.0 cm³/mol. The lowest BCUT2D eigenvalue weighted by Crippen LogP contribution is -2.32. The molecule has 3 heteroatoms. The summed E-state index contributed by atoms with van der Waals surface area (Å²) in [5.74, 6) is 0. The third kappa shape index (κ3) is 2.49. The average molecular weight is 369 g/mol. The van der Waals surface area contributed by atoms with Crippen molar-refractivity contribution in [2.75, 3.05) is 6.54 Å². The highest BCUT2D eigenvalue weighted by Crippen LogP contribution is 2.33. The van der Waals surface area contributed by atoms with Gasteiger partial charge in [-0.1, -0.05) is 12.1 Å². The first kappa shape index (κ1) is 12.6. The summed E-state index contributed by atoms with van der Waals surface area (Å²) >= 11 is 4.27. The van der Waals surface area contributed by atoms with Crippen LogP contribution in [0.1, 0.15) is 29.0 Å². The molecule has 1 aliphatic rings. The summed E-state index contributed by atoms with van der Waals surface area (Å²) in [4.78, 5) is 4.17. The molecule has 2 aromatic rings. The van der Waals surface area contributed by atoms with Gasteiger partial charge in [0, 0.05) is 27.6 Å². The molecule has 1 aliphatic heterocycles. The number of halogens is 1. The molecule has 1 atom stereocenters. The molecule has 0 aliphatic carbocycles. The zero-order valence-corrected chi connectivity index (χ0v) is 13.4. The van der Waals surface area contributed by atoms with E-state index in [4.69, 9.17) is 0 Å². The van der Waals surface area contributed by atoms with Crippen molar-refractivity contribution in [3.8, 4) is 0 Å². The molecule has 0 amide bonds. The Hall–Kier alpha value is -0.390. The van der Waals surface area contributed by atoms with Gasteiger partial charge in [0.2, 0.25) is 0 Å². The van der Waals surface area contributed by atoms with Crippen molar-refractivity contribution in [2.24, 2.45) is 0 Å². The van der Waals surface area contributed by atoms with Crippen molar-refractivity contribution >= 4 is 33.9 Å². The number of hydrogen-bond donors (Lipinski definition) is 0. The minimum Gasteiger partial charge on any atom is -0.292 e. The SMILES string of the molecule is CC1c2ccsc2CCN1Cc1ccc(I)cc1. The molecule has 94 valence electrons. The van der Waals surface area contributed by atoms with Crippen LogP contribution in [0.3, 0.4) is 0 Å². The predicted octanol–water partition coefficient (Wildman–Crippen LogP) is 4.47. The van der Waals surface area contributed by atoms with Crippen molar-refractivity contribution in [1.29, 1.82) is 0 Å². The van der Waals surface area contributed by atoms with E-state index in [0.29, 0.717) is 6.04 Å². The largest absolute Gasteiger partial charge is 0.292 e. The summed E-state index contributed by atoms with van der Waals surface area (Å²) in [6, 6.07) is 11.7. The number of benzene rings is 1. The van der Waals surface area contributed by atoms with Crippen molar-refractivity contribution in [1.82, 2.24) is 4.90 Å². The molecule has 3 rings (SSSR count). The Morgan fingerprint density at radius 1 is 1.28 bits per heavy atom. The zero-order valence-electron chi connectivity index (χ0n) is 10.4. The number of nitrogens with zero attached hydrogens (tertiary/aromatic N) is 1. The molecule has 0 spiro atoms. The number of fused-ring (bicyclic) bond motifs is 1. The van der Waals surface area contributed by atoms with E-state index < -0.39 is 0 Å². The molecule has 0 N–H and O–H groups in total. The highest BCUT2D eigenvalue weighted by Gasteiger charge is 2.24. The Bertz CT molecular complexity index is 532. The van der Waals surface area contributed by atoms with Gasteiger partial charge in [-0.3, -0.25) is 4.90 Å². The van der Waals surface area contributed by atoms with Crippen LogP contribution in [-0.4, -0.2) is 11.4 Å². The van der Waals surface area contributed by atoms with Crippen LogP contribution in [0.2, 0.25) is 0 Å². The Balaban J connectivity index is 1.77. The zero-order chi connectivity index (χ0) is 12.5. The summed E-state index contributed by atoms with van der Waals surface area (Å²) in [7, 11) is 0. The van der Waals surface area contributed by atoms with Gasteiger partial charge in [-0.15, -0.1) is 11.3 Å². The lowest BCUT2D eigenvalue weighted by Gasteiger charge is -2.33. The standard InChI is InChI=1S/C15H16INS/c1-11-14-7-9-18-15(14)6-8-17(11)10-12-2-4-13(16)5-3-12/h2-5,7,9,11H,6,8,10H2,1H3. The molecule has 2 heterocycles. The second-order valence-electron chi connectivity index (χ2n) is 4.82. The van der Waals surface area contributed by atoms with E-state index in [1.54, 1.807) is 4.88 Å². The molecule has 0 bridgehead atoms. The maximum Gasteiger partial charge on any atom is 0.0334 e. The Labute approximate surface area is 126 Å². The van der Waals surface area contributed by atoms with Crippen molar-refractivity contribution in [2.45, 2.75) is 25.9 Å².